The quantitative estimate of drug-likeness (QED) is 0.230. The molecule has 0 fully saturated rings. The van der Waals surface area contributed by atoms with Crippen LogP contribution in [-0.4, -0.2) is 85.9 Å². The fraction of sp³-hybridized carbons (Fsp3) is 0.545. The predicted octanol–water partition coefficient (Wildman–Crippen LogP) is 3.76. The maximum atomic E-state index is 13.7. The minimum Gasteiger partial charge on any atom is -0.388 e. The highest BCUT2D eigenvalue weighted by Gasteiger charge is 2.35. The zero-order valence-electron chi connectivity index (χ0n) is 26.0. The Morgan fingerprint density at radius 1 is 0.952 bits per heavy atom. The van der Waals surface area contributed by atoms with Crippen LogP contribution in [0.1, 0.15) is 72.4 Å². The number of aliphatic hydroxyl groups excluding tert-OH is 1. The average Bonchev–Trinajstić information content (AvgIpc) is 2.97. The van der Waals surface area contributed by atoms with Gasteiger partial charge in [-0.15, -0.1) is 0 Å². The van der Waals surface area contributed by atoms with Gasteiger partial charge >= 0.3 is 0 Å². The van der Waals surface area contributed by atoms with E-state index in [-0.39, 0.29) is 31.5 Å². The number of aryl methyl sites for hydroxylation is 1. The molecule has 3 N–H and O–H groups in total. The van der Waals surface area contributed by atoms with E-state index in [0.29, 0.717) is 30.8 Å². The third-order valence-corrected chi connectivity index (χ3v) is 6.73. The predicted molar refractivity (Wildman–Crippen MR) is 165 cm³/mol. The first-order valence-corrected chi connectivity index (χ1v) is 14.9. The maximum Gasteiger partial charge on any atom is 0.253 e. The van der Waals surface area contributed by atoms with Gasteiger partial charge in [-0.05, 0) is 61.4 Å². The number of nitrogens with one attached hydrogen (secondary N) is 2. The lowest BCUT2D eigenvalue weighted by atomic mass is 9.96. The van der Waals surface area contributed by atoms with Gasteiger partial charge in [0.2, 0.25) is 0 Å². The molecule has 0 radical (unpaired) electrons. The summed E-state index contributed by atoms with van der Waals surface area (Å²) in [5.41, 5.74) is 2.39. The van der Waals surface area contributed by atoms with Gasteiger partial charge in [-0.25, -0.2) is 0 Å². The number of carbonyl (C=O) groups is 3. The van der Waals surface area contributed by atoms with E-state index >= 15 is 0 Å². The van der Waals surface area contributed by atoms with Crippen molar-refractivity contribution in [3.63, 3.8) is 0 Å². The van der Waals surface area contributed by atoms with Crippen LogP contribution in [-0.2, 0) is 20.7 Å². The Labute approximate surface area is 251 Å². The summed E-state index contributed by atoms with van der Waals surface area (Å²) >= 11 is 0. The number of methoxy groups -OCH3 is 1. The van der Waals surface area contributed by atoms with Gasteiger partial charge in [0.15, 0.2) is 6.10 Å². The lowest BCUT2D eigenvalue weighted by Crippen LogP contribution is -2.55. The molecule has 2 aromatic rings. The van der Waals surface area contributed by atoms with Crippen LogP contribution < -0.4 is 10.6 Å². The number of rotatable bonds is 18. The van der Waals surface area contributed by atoms with Gasteiger partial charge in [-0.2, -0.15) is 0 Å². The lowest BCUT2D eigenvalue weighted by Gasteiger charge is -2.30. The van der Waals surface area contributed by atoms with Crippen LogP contribution >= 0.6 is 0 Å². The van der Waals surface area contributed by atoms with Crippen molar-refractivity contribution in [3.05, 3.63) is 70.8 Å². The molecule has 0 aliphatic rings. The number of ether oxygens (including phenoxy) is 2. The summed E-state index contributed by atoms with van der Waals surface area (Å²) in [6, 6.07) is 13.6. The molecule has 3 unspecified atom stereocenters. The molecule has 0 heterocycles. The van der Waals surface area contributed by atoms with Gasteiger partial charge in [0, 0.05) is 37.9 Å². The lowest BCUT2D eigenvalue weighted by molar-refractivity contribution is -0.143. The highest BCUT2D eigenvalue weighted by Crippen LogP contribution is 2.17. The third-order valence-electron chi connectivity index (χ3n) is 6.73. The number of hydrogen-bond acceptors (Lipinski definition) is 6. The smallest absolute Gasteiger partial charge is 0.253 e. The normalized spacial score (nSPS) is 13.3. The zero-order chi connectivity index (χ0) is 31.1. The van der Waals surface area contributed by atoms with Crippen molar-refractivity contribution in [2.75, 3.05) is 40.0 Å². The summed E-state index contributed by atoms with van der Waals surface area (Å²) in [6.07, 6.45) is -0.675. The van der Waals surface area contributed by atoms with E-state index in [2.05, 4.69) is 10.6 Å². The van der Waals surface area contributed by atoms with E-state index in [9.17, 15) is 19.5 Å². The minimum atomic E-state index is -1.37. The molecule has 232 valence electrons. The van der Waals surface area contributed by atoms with Crippen molar-refractivity contribution >= 4 is 17.7 Å². The monoisotopic (exact) mass is 583 g/mol. The molecule has 0 aliphatic heterocycles. The van der Waals surface area contributed by atoms with Crippen LogP contribution in [0.4, 0.5) is 0 Å². The van der Waals surface area contributed by atoms with Crippen LogP contribution in [0.2, 0.25) is 0 Å². The molecular formula is C33H49N3O6. The Bertz CT molecular complexity index is 1120. The van der Waals surface area contributed by atoms with Gasteiger partial charge < -0.3 is 30.1 Å². The van der Waals surface area contributed by atoms with Crippen molar-refractivity contribution in [1.29, 1.82) is 0 Å². The van der Waals surface area contributed by atoms with Gasteiger partial charge in [0.25, 0.3) is 17.7 Å². The Balaban J connectivity index is 2.39. The van der Waals surface area contributed by atoms with Crippen molar-refractivity contribution in [2.45, 2.75) is 72.1 Å². The van der Waals surface area contributed by atoms with Gasteiger partial charge in [0.05, 0.1) is 19.3 Å². The fourth-order valence-electron chi connectivity index (χ4n) is 4.66. The van der Waals surface area contributed by atoms with Crippen LogP contribution in [0.25, 0.3) is 0 Å². The molecule has 3 amide bonds. The second-order valence-electron chi connectivity index (χ2n) is 11.1. The Morgan fingerprint density at radius 3 is 2.19 bits per heavy atom. The number of aliphatic hydroxyl groups is 1. The van der Waals surface area contributed by atoms with Gasteiger partial charge in [-0.3, -0.25) is 14.4 Å². The number of benzene rings is 2. The molecule has 0 bridgehead atoms. The highest BCUT2D eigenvalue weighted by molar-refractivity contribution is 6.00. The second-order valence-corrected chi connectivity index (χ2v) is 11.1. The van der Waals surface area contributed by atoms with Crippen LogP contribution in [0.15, 0.2) is 48.5 Å². The maximum absolute atomic E-state index is 13.7. The van der Waals surface area contributed by atoms with Crippen molar-refractivity contribution in [1.82, 2.24) is 15.5 Å². The third kappa shape index (κ3) is 11.2. The molecule has 3 atom stereocenters. The second kappa shape index (κ2) is 18.3. The zero-order valence-corrected chi connectivity index (χ0v) is 26.0. The molecule has 0 aliphatic carbocycles. The fourth-order valence-corrected chi connectivity index (χ4v) is 4.66. The van der Waals surface area contributed by atoms with E-state index in [4.69, 9.17) is 9.47 Å². The van der Waals surface area contributed by atoms with E-state index in [1.54, 1.807) is 23.1 Å². The molecule has 0 saturated heterocycles. The van der Waals surface area contributed by atoms with E-state index in [0.717, 1.165) is 24.0 Å². The Morgan fingerprint density at radius 2 is 1.60 bits per heavy atom. The van der Waals surface area contributed by atoms with E-state index in [1.165, 1.54) is 7.11 Å². The van der Waals surface area contributed by atoms with E-state index in [1.807, 2.05) is 65.0 Å². The molecule has 42 heavy (non-hydrogen) atoms. The Kier molecular flexibility index (Phi) is 15.2. The molecular weight excluding hydrogens is 534 g/mol. The minimum absolute atomic E-state index is 0.0920. The SMILES string of the molecule is CCCN(CCC)C(=O)c1cc(C)cc(C(=O)NC(Cc2ccccc2)C(O)C(OCCOC)C(=O)NCC(C)C)c1. The summed E-state index contributed by atoms with van der Waals surface area (Å²) in [5, 5.41) is 17.3. The Hall–Kier alpha value is -3.27. The van der Waals surface area contributed by atoms with Crippen molar-refractivity contribution in [3.8, 4) is 0 Å². The number of carbonyl (C=O) groups excluding carboxylic acids is 3. The molecule has 2 rings (SSSR count). The highest BCUT2D eigenvalue weighted by atomic mass is 16.5. The molecule has 2 aromatic carbocycles. The summed E-state index contributed by atoms with van der Waals surface area (Å²) in [6.45, 7) is 11.9. The number of amides is 3. The van der Waals surface area contributed by atoms with Crippen LogP contribution in [0.5, 0.6) is 0 Å². The largest absolute Gasteiger partial charge is 0.388 e. The van der Waals surface area contributed by atoms with E-state index < -0.39 is 30.1 Å². The first kappa shape index (κ1) is 34.9. The summed E-state index contributed by atoms with van der Waals surface area (Å²) < 4.78 is 10.9. The molecule has 9 nitrogen and oxygen atoms in total. The molecule has 9 heteroatoms. The summed E-state index contributed by atoms with van der Waals surface area (Å²) in [5.74, 6) is -0.835. The average molecular weight is 584 g/mol. The summed E-state index contributed by atoms with van der Waals surface area (Å²) in [7, 11) is 1.52. The number of nitrogens with zero attached hydrogens (tertiary/aromatic N) is 1. The standard InChI is InChI=1S/C33H49N3O6/c1-7-14-36(15-8-2)33(40)27-19-24(5)18-26(21-27)31(38)35-28(20-25-12-10-9-11-13-25)29(37)30(42-17-16-41-6)32(39)34-22-23(3)4/h9-13,18-19,21,23,28-30,37H,7-8,14-17,20,22H2,1-6H3,(H,34,39)(H,35,38). The van der Waals surface area contributed by atoms with Crippen LogP contribution in [0, 0.1) is 12.8 Å². The van der Waals surface area contributed by atoms with Gasteiger partial charge in [-0.1, -0.05) is 58.0 Å². The first-order valence-electron chi connectivity index (χ1n) is 14.9. The number of hydrogen-bond donors (Lipinski definition) is 3. The summed E-state index contributed by atoms with van der Waals surface area (Å²) in [4.78, 5) is 41.9. The molecule has 0 spiro atoms. The topological polar surface area (TPSA) is 117 Å². The first-order chi connectivity index (χ1) is 20.1. The molecule has 0 saturated carbocycles. The van der Waals surface area contributed by atoms with Gasteiger partial charge in [0.1, 0.15) is 6.10 Å². The van der Waals surface area contributed by atoms with Crippen molar-refractivity contribution in [2.24, 2.45) is 5.92 Å². The molecule has 0 aromatic heterocycles. The van der Waals surface area contributed by atoms with Crippen LogP contribution in [0.3, 0.4) is 0 Å². The van der Waals surface area contributed by atoms with Crippen molar-refractivity contribution < 1.29 is 29.0 Å².